The van der Waals surface area contributed by atoms with Gasteiger partial charge in [0.2, 0.25) is 0 Å². The van der Waals surface area contributed by atoms with Crippen LogP contribution < -0.4 is 9.47 Å². The lowest BCUT2D eigenvalue weighted by Gasteiger charge is -2.48. The van der Waals surface area contributed by atoms with E-state index in [4.69, 9.17) is 9.47 Å². The van der Waals surface area contributed by atoms with Gasteiger partial charge in [-0.25, -0.2) is 0 Å². The highest BCUT2D eigenvalue weighted by Crippen LogP contribution is 2.55. The van der Waals surface area contributed by atoms with Crippen molar-refractivity contribution < 1.29 is 9.47 Å². The summed E-state index contributed by atoms with van der Waals surface area (Å²) in [5.74, 6) is 1.97. The van der Waals surface area contributed by atoms with E-state index in [0.29, 0.717) is 5.92 Å². The first-order valence-electron chi connectivity index (χ1n) is 9.16. The second-order valence-electron chi connectivity index (χ2n) is 9.37. The van der Waals surface area contributed by atoms with Crippen LogP contribution in [0.15, 0.2) is 18.2 Å². The van der Waals surface area contributed by atoms with Crippen molar-refractivity contribution in [2.45, 2.75) is 85.4 Å². The van der Waals surface area contributed by atoms with E-state index in [-0.39, 0.29) is 10.8 Å². The fourth-order valence-corrected chi connectivity index (χ4v) is 5.10. The van der Waals surface area contributed by atoms with Crippen LogP contribution in [-0.2, 0) is 0 Å². The minimum absolute atomic E-state index is 0.238. The zero-order valence-electron chi connectivity index (χ0n) is 15.7. The monoisotopic (exact) mass is 316 g/mol. The Kier molecular flexibility index (Phi) is 3.93. The van der Waals surface area contributed by atoms with Crippen molar-refractivity contribution in [3.05, 3.63) is 23.8 Å². The zero-order chi connectivity index (χ0) is 16.9. The fourth-order valence-electron chi connectivity index (χ4n) is 5.10. The molecule has 3 rings (SSSR count). The number of benzene rings is 1. The van der Waals surface area contributed by atoms with Gasteiger partial charge in [-0.2, -0.15) is 0 Å². The van der Waals surface area contributed by atoms with Crippen molar-refractivity contribution in [1.82, 2.24) is 0 Å². The Morgan fingerprint density at radius 2 is 1.57 bits per heavy atom. The summed E-state index contributed by atoms with van der Waals surface area (Å²) < 4.78 is 12.8. The van der Waals surface area contributed by atoms with Gasteiger partial charge < -0.3 is 9.47 Å². The van der Waals surface area contributed by atoms with Gasteiger partial charge in [0, 0.05) is 12.8 Å². The maximum absolute atomic E-state index is 6.45. The molecule has 2 nitrogen and oxygen atoms in total. The number of rotatable bonds is 3. The Bertz CT molecular complexity index is 570. The highest BCUT2D eigenvalue weighted by Gasteiger charge is 2.53. The molecule has 1 fully saturated rings. The SMILES string of the molecule is CCCC(C)c1ccc2c(c1)OC1(CC(C)(C)CC(C)(C)C1)O2. The maximum atomic E-state index is 6.45. The third kappa shape index (κ3) is 3.36. The molecule has 23 heavy (non-hydrogen) atoms. The first-order chi connectivity index (χ1) is 10.6. The summed E-state index contributed by atoms with van der Waals surface area (Å²) in [5.41, 5.74) is 1.84. The fraction of sp³-hybridized carbons (Fsp3) is 0.714. The molecule has 1 aromatic carbocycles. The van der Waals surface area contributed by atoms with E-state index in [0.717, 1.165) is 24.3 Å². The summed E-state index contributed by atoms with van der Waals surface area (Å²) in [5, 5.41) is 0. The molecule has 1 saturated carbocycles. The maximum Gasteiger partial charge on any atom is 0.252 e. The number of fused-ring (bicyclic) bond motifs is 1. The molecule has 0 radical (unpaired) electrons. The van der Waals surface area contributed by atoms with E-state index < -0.39 is 5.79 Å². The van der Waals surface area contributed by atoms with Crippen LogP contribution in [0.3, 0.4) is 0 Å². The van der Waals surface area contributed by atoms with Crippen LogP contribution in [0.2, 0.25) is 0 Å². The molecule has 1 heterocycles. The lowest BCUT2D eigenvalue weighted by Crippen LogP contribution is -2.51. The van der Waals surface area contributed by atoms with Crippen molar-refractivity contribution in [2.24, 2.45) is 10.8 Å². The molecule has 1 unspecified atom stereocenters. The largest absolute Gasteiger partial charge is 0.448 e. The predicted molar refractivity (Wildman–Crippen MR) is 95.2 cm³/mol. The molecule has 0 saturated heterocycles. The third-order valence-corrected chi connectivity index (χ3v) is 5.30. The van der Waals surface area contributed by atoms with Crippen LogP contribution in [0, 0.1) is 10.8 Å². The molecule has 1 aliphatic carbocycles. The number of hydrogen-bond acceptors (Lipinski definition) is 2. The summed E-state index contributed by atoms with van der Waals surface area (Å²) in [6.07, 6.45) is 5.55. The highest BCUT2D eigenvalue weighted by molar-refractivity contribution is 5.47. The van der Waals surface area contributed by atoms with E-state index in [2.05, 4.69) is 59.7 Å². The molecule has 1 atom stereocenters. The molecule has 1 aliphatic heterocycles. The molecule has 1 aromatic rings. The second-order valence-corrected chi connectivity index (χ2v) is 9.37. The lowest BCUT2D eigenvalue weighted by atomic mass is 9.63. The van der Waals surface area contributed by atoms with Gasteiger partial charge in [-0.05, 0) is 47.3 Å². The minimum atomic E-state index is -0.472. The van der Waals surface area contributed by atoms with Gasteiger partial charge in [0.15, 0.2) is 11.5 Å². The average molecular weight is 316 g/mol. The predicted octanol–water partition coefficient (Wildman–Crippen LogP) is 6.29. The Labute approximate surface area is 141 Å². The molecular weight excluding hydrogens is 284 g/mol. The van der Waals surface area contributed by atoms with E-state index in [1.54, 1.807) is 0 Å². The third-order valence-electron chi connectivity index (χ3n) is 5.30. The van der Waals surface area contributed by atoms with Gasteiger partial charge in [0.1, 0.15) is 0 Å². The van der Waals surface area contributed by atoms with Crippen LogP contribution in [0.1, 0.15) is 85.1 Å². The van der Waals surface area contributed by atoms with Gasteiger partial charge in [-0.1, -0.05) is 54.0 Å². The lowest BCUT2D eigenvalue weighted by molar-refractivity contribution is -0.165. The highest BCUT2D eigenvalue weighted by atomic mass is 16.7. The van der Waals surface area contributed by atoms with E-state index >= 15 is 0 Å². The topological polar surface area (TPSA) is 18.5 Å². The minimum Gasteiger partial charge on any atom is -0.448 e. The van der Waals surface area contributed by atoms with E-state index in [9.17, 15) is 0 Å². The molecule has 1 spiro atoms. The summed E-state index contributed by atoms with van der Waals surface area (Å²) in [4.78, 5) is 0. The second kappa shape index (κ2) is 5.43. The average Bonchev–Trinajstić information content (AvgIpc) is 2.69. The van der Waals surface area contributed by atoms with Crippen molar-refractivity contribution in [1.29, 1.82) is 0 Å². The van der Waals surface area contributed by atoms with Gasteiger partial charge in [-0.3, -0.25) is 0 Å². The first kappa shape index (κ1) is 16.7. The first-order valence-corrected chi connectivity index (χ1v) is 9.16. The van der Waals surface area contributed by atoms with Crippen LogP contribution in [0.25, 0.3) is 0 Å². The van der Waals surface area contributed by atoms with Crippen molar-refractivity contribution >= 4 is 0 Å². The Balaban J connectivity index is 1.86. The molecule has 128 valence electrons. The number of hydrogen-bond donors (Lipinski definition) is 0. The van der Waals surface area contributed by atoms with Crippen molar-refractivity contribution in [3.8, 4) is 11.5 Å². The smallest absolute Gasteiger partial charge is 0.252 e. The molecule has 0 amide bonds. The normalized spacial score (nSPS) is 24.6. The zero-order valence-corrected chi connectivity index (χ0v) is 15.7. The Morgan fingerprint density at radius 3 is 2.17 bits per heavy atom. The molecule has 2 heteroatoms. The quantitative estimate of drug-likeness (QED) is 0.652. The van der Waals surface area contributed by atoms with Crippen molar-refractivity contribution in [2.75, 3.05) is 0 Å². The van der Waals surface area contributed by atoms with Gasteiger partial charge in [0.25, 0.3) is 5.79 Å². The molecule has 0 aromatic heterocycles. The number of ether oxygens (including phenoxy) is 2. The Hall–Kier alpha value is -1.18. The summed E-state index contributed by atoms with van der Waals surface area (Å²) in [6.45, 7) is 13.9. The summed E-state index contributed by atoms with van der Waals surface area (Å²) in [6, 6.07) is 6.53. The van der Waals surface area contributed by atoms with E-state index in [1.807, 2.05) is 0 Å². The van der Waals surface area contributed by atoms with Crippen molar-refractivity contribution in [3.63, 3.8) is 0 Å². The van der Waals surface area contributed by atoms with Gasteiger partial charge in [0.05, 0.1) is 0 Å². The molecule has 0 bridgehead atoms. The van der Waals surface area contributed by atoms with Crippen LogP contribution in [-0.4, -0.2) is 5.79 Å². The molecular formula is C21H32O2. The van der Waals surface area contributed by atoms with Gasteiger partial charge >= 0.3 is 0 Å². The van der Waals surface area contributed by atoms with Crippen LogP contribution in [0.5, 0.6) is 11.5 Å². The summed E-state index contributed by atoms with van der Waals surface area (Å²) >= 11 is 0. The van der Waals surface area contributed by atoms with Crippen LogP contribution >= 0.6 is 0 Å². The standard InChI is InChI=1S/C21H32O2/c1-7-8-15(2)16-9-10-17-18(11-16)23-21(22-17)13-19(3,4)12-20(5,6)14-21/h9-11,15H,7-8,12-14H2,1-6H3. The Morgan fingerprint density at radius 1 is 0.957 bits per heavy atom. The van der Waals surface area contributed by atoms with Crippen LogP contribution in [0.4, 0.5) is 0 Å². The van der Waals surface area contributed by atoms with E-state index in [1.165, 1.54) is 24.8 Å². The molecule has 2 aliphatic rings. The summed E-state index contributed by atoms with van der Waals surface area (Å²) in [7, 11) is 0. The van der Waals surface area contributed by atoms with Gasteiger partial charge in [-0.15, -0.1) is 0 Å². The molecule has 0 N–H and O–H groups in total.